The van der Waals surface area contributed by atoms with E-state index in [1.54, 1.807) is 77.5 Å². The first-order valence-corrected chi connectivity index (χ1v) is 14.8. The lowest BCUT2D eigenvalue weighted by atomic mass is 10.1. The van der Waals surface area contributed by atoms with E-state index in [4.69, 9.17) is 5.73 Å². The molecule has 210 valence electrons. The Balaban J connectivity index is 1.24. The number of piperidine rings is 1. The number of carbonyl (C=O) groups excluding carboxylic acids is 2. The number of nitrogens with two attached hydrogens (primary N) is 1. The molecule has 0 saturated carbocycles. The van der Waals surface area contributed by atoms with E-state index in [1.807, 2.05) is 0 Å². The molecule has 1 aromatic heterocycles. The number of sulfonamides is 1. The Morgan fingerprint density at radius 1 is 0.900 bits per heavy atom. The van der Waals surface area contributed by atoms with E-state index >= 15 is 0 Å². The van der Waals surface area contributed by atoms with Gasteiger partial charge in [0.25, 0.3) is 5.91 Å². The van der Waals surface area contributed by atoms with Crippen molar-refractivity contribution in [3.63, 3.8) is 0 Å². The average Bonchev–Trinajstić information content (AvgIpc) is 2.97. The van der Waals surface area contributed by atoms with E-state index < -0.39 is 16.2 Å². The topological polar surface area (TPSA) is 142 Å². The van der Waals surface area contributed by atoms with E-state index in [9.17, 15) is 18.0 Å². The van der Waals surface area contributed by atoms with Gasteiger partial charge in [0, 0.05) is 62.7 Å². The summed E-state index contributed by atoms with van der Waals surface area (Å²) in [6, 6.07) is 15.4. The molecular formula is C28H33N7O4S. The Kier molecular flexibility index (Phi) is 8.10. The van der Waals surface area contributed by atoms with Crippen LogP contribution in [0.25, 0.3) is 11.3 Å². The van der Waals surface area contributed by atoms with Crippen molar-refractivity contribution in [1.29, 1.82) is 0 Å². The standard InChI is InChI=1S/C28H33N7O4S/c1-20(36)33-16-18-34(19-17-33)27(37)22-5-9-23(10-6-22)31-28-30-14-13-25(32-28)21-7-11-24(12-8-21)40(38,39)35-15-3-2-4-26(35)29/h5-14,26H,2-4,15-19,29H2,1H3,(H,30,31,32). The lowest BCUT2D eigenvalue weighted by molar-refractivity contribution is -0.130. The van der Waals surface area contributed by atoms with Crippen molar-refractivity contribution in [1.82, 2.24) is 24.1 Å². The second-order valence-electron chi connectivity index (χ2n) is 9.97. The van der Waals surface area contributed by atoms with Gasteiger partial charge in [0.2, 0.25) is 21.9 Å². The van der Waals surface area contributed by atoms with Crippen LogP contribution in [-0.4, -0.2) is 83.2 Å². The van der Waals surface area contributed by atoms with Crippen LogP contribution in [0, 0.1) is 0 Å². The third kappa shape index (κ3) is 5.98. The molecule has 2 saturated heterocycles. The smallest absolute Gasteiger partial charge is 0.253 e. The normalized spacial score (nSPS) is 18.4. The van der Waals surface area contributed by atoms with Crippen molar-refractivity contribution < 1.29 is 18.0 Å². The summed E-state index contributed by atoms with van der Waals surface area (Å²) in [7, 11) is -3.66. The number of nitrogens with zero attached hydrogens (tertiary/aromatic N) is 5. The van der Waals surface area contributed by atoms with Crippen LogP contribution in [0.15, 0.2) is 65.7 Å². The highest BCUT2D eigenvalue weighted by Crippen LogP contribution is 2.26. The first kappa shape index (κ1) is 27.7. The minimum atomic E-state index is -3.66. The van der Waals surface area contributed by atoms with Gasteiger partial charge in [-0.15, -0.1) is 0 Å². The van der Waals surface area contributed by atoms with Crippen LogP contribution >= 0.6 is 0 Å². The molecule has 2 aliphatic heterocycles. The third-order valence-electron chi connectivity index (χ3n) is 7.31. The van der Waals surface area contributed by atoms with Gasteiger partial charge in [-0.3, -0.25) is 9.59 Å². The van der Waals surface area contributed by atoms with Crippen LogP contribution < -0.4 is 11.1 Å². The molecule has 2 aliphatic rings. The average molecular weight is 564 g/mol. The zero-order chi connectivity index (χ0) is 28.3. The Bertz CT molecular complexity index is 1470. The van der Waals surface area contributed by atoms with Crippen LogP contribution in [-0.2, 0) is 14.8 Å². The van der Waals surface area contributed by atoms with Crippen molar-refractivity contribution in [3.05, 3.63) is 66.4 Å². The highest BCUT2D eigenvalue weighted by molar-refractivity contribution is 7.89. The molecule has 11 nitrogen and oxygen atoms in total. The number of hydrogen-bond donors (Lipinski definition) is 2. The Morgan fingerprint density at radius 2 is 1.57 bits per heavy atom. The van der Waals surface area contributed by atoms with Gasteiger partial charge in [-0.05, 0) is 61.7 Å². The highest BCUT2D eigenvalue weighted by Gasteiger charge is 2.31. The predicted molar refractivity (Wildman–Crippen MR) is 151 cm³/mol. The van der Waals surface area contributed by atoms with Gasteiger partial charge in [-0.2, -0.15) is 4.31 Å². The second-order valence-corrected chi connectivity index (χ2v) is 11.9. The number of carbonyl (C=O) groups is 2. The molecule has 0 radical (unpaired) electrons. The van der Waals surface area contributed by atoms with E-state index in [0.717, 1.165) is 24.1 Å². The molecule has 3 aromatic rings. The van der Waals surface area contributed by atoms with Gasteiger partial charge >= 0.3 is 0 Å². The molecule has 2 fully saturated rings. The summed E-state index contributed by atoms with van der Waals surface area (Å²) in [5.74, 6) is 0.325. The summed E-state index contributed by atoms with van der Waals surface area (Å²) < 4.78 is 27.5. The number of amides is 2. The number of anilines is 2. The summed E-state index contributed by atoms with van der Waals surface area (Å²) in [6.45, 7) is 4.08. The summed E-state index contributed by atoms with van der Waals surface area (Å²) in [6.07, 6.45) is 3.52. The molecular weight excluding hydrogens is 530 g/mol. The molecule has 1 unspecified atom stereocenters. The van der Waals surface area contributed by atoms with Gasteiger partial charge in [-0.1, -0.05) is 12.1 Å². The van der Waals surface area contributed by atoms with Crippen molar-refractivity contribution in [2.24, 2.45) is 5.73 Å². The maximum Gasteiger partial charge on any atom is 0.253 e. The van der Waals surface area contributed by atoms with Gasteiger partial charge in [0.05, 0.1) is 16.8 Å². The molecule has 1 atom stereocenters. The van der Waals surface area contributed by atoms with E-state index in [0.29, 0.717) is 56.4 Å². The Labute approximate surface area is 234 Å². The number of rotatable bonds is 6. The molecule has 0 aliphatic carbocycles. The predicted octanol–water partition coefficient (Wildman–Crippen LogP) is 2.65. The van der Waals surface area contributed by atoms with Gasteiger partial charge < -0.3 is 20.9 Å². The van der Waals surface area contributed by atoms with E-state index in [2.05, 4.69) is 15.3 Å². The monoisotopic (exact) mass is 563 g/mol. The second kappa shape index (κ2) is 11.7. The number of benzene rings is 2. The first-order chi connectivity index (χ1) is 19.2. The Morgan fingerprint density at radius 3 is 2.23 bits per heavy atom. The lowest BCUT2D eigenvalue weighted by Gasteiger charge is -2.34. The summed E-state index contributed by atoms with van der Waals surface area (Å²) in [5, 5.41) is 3.15. The van der Waals surface area contributed by atoms with Crippen molar-refractivity contribution in [2.45, 2.75) is 37.2 Å². The molecule has 3 N–H and O–H groups in total. The summed E-state index contributed by atoms with van der Waals surface area (Å²) >= 11 is 0. The quantitative estimate of drug-likeness (QED) is 0.466. The minimum absolute atomic E-state index is 0.0248. The molecule has 3 heterocycles. The zero-order valence-corrected chi connectivity index (χ0v) is 23.2. The number of nitrogens with one attached hydrogen (secondary N) is 1. The highest BCUT2D eigenvalue weighted by atomic mass is 32.2. The van der Waals surface area contributed by atoms with Gasteiger partial charge in [0.1, 0.15) is 0 Å². The minimum Gasteiger partial charge on any atom is -0.339 e. The fourth-order valence-corrected chi connectivity index (χ4v) is 6.56. The Hall–Kier alpha value is -3.87. The zero-order valence-electron chi connectivity index (χ0n) is 22.4. The summed E-state index contributed by atoms with van der Waals surface area (Å²) in [5.41, 5.74) is 8.73. The molecule has 0 spiro atoms. The van der Waals surface area contributed by atoms with Gasteiger partial charge in [-0.25, -0.2) is 18.4 Å². The van der Waals surface area contributed by atoms with Crippen LogP contribution in [0.3, 0.4) is 0 Å². The fraction of sp³-hybridized carbons (Fsp3) is 0.357. The molecule has 2 aromatic carbocycles. The van der Waals surface area contributed by atoms with Crippen molar-refractivity contribution in [2.75, 3.05) is 38.0 Å². The van der Waals surface area contributed by atoms with E-state index in [1.165, 1.54) is 4.31 Å². The SMILES string of the molecule is CC(=O)N1CCN(C(=O)c2ccc(Nc3nccc(-c4ccc(S(=O)(=O)N5CCCCC5N)cc4)n3)cc2)CC1. The molecule has 2 amide bonds. The molecule has 12 heteroatoms. The van der Waals surface area contributed by atoms with Crippen LogP contribution in [0.5, 0.6) is 0 Å². The fourth-order valence-electron chi connectivity index (χ4n) is 4.97. The maximum absolute atomic E-state index is 13.1. The maximum atomic E-state index is 13.1. The molecule has 0 bridgehead atoms. The largest absolute Gasteiger partial charge is 0.339 e. The lowest BCUT2D eigenvalue weighted by Crippen LogP contribution is -2.50. The van der Waals surface area contributed by atoms with Crippen molar-refractivity contribution in [3.8, 4) is 11.3 Å². The third-order valence-corrected chi connectivity index (χ3v) is 9.25. The molecule has 5 rings (SSSR count). The number of aromatic nitrogens is 2. The van der Waals surface area contributed by atoms with Gasteiger partial charge in [0.15, 0.2) is 0 Å². The summed E-state index contributed by atoms with van der Waals surface area (Å²) in [4.78, 5) is 37.0. The molecule has 40 heavy (non-hydrogen) atoms. The van der Waals surface area contributed by atoms with E-state index in [-0.39, 0.29) is 16.7 Å². The first-order valence-electron chi connectivity index (χ1n) is 13.4. The van der Waals surface area contributed by atoms with Crippen LogP contribution in [0.4, 0.5) is 11.6 Å². The van der Waals surface area contributed by atoms with Crippen LogP contribution in [0.2, 0.25) is 0 Å². The van der Waals surface area contributed by atoms with Crippen molar-refractivity contribution >= 4 is 33.5 Å². The van der Waals surface area contributed by atoms with Crippen LogP contribution in [0.1, 0.15) is 36.5 Å². The number of hydrogen-bond acceptors (Lipinski definition) is 8. The number of piperazine rings is 1.